The highest BCUT2D eigenvalue weighted by Gasteiger charge is 2.30. The number of nitrogens with zero attached hydrogens (tertiary/aromatic N) is 3. The molecule has 1 aromatic carbocycles. The van der Waals surface area contributed by atoms with Crippen LogP contribution in [0.2, 0.25) is 10.0 Å². The number of hydrogen-bond acceptors (Lipinski definition) is 4. The molecule has 0 saturated carbocycles. The molecule has 9 heteroatoms. The molecule has 0 saturated heterocycles. The lowest BCUT2D eigenvalue weighted by atomic mass is 10.1. The molecule has 0 atom stereocenters. The number of aromatic nitrogens is 3. The van der Waals surface area contributed by atoms with Crippen molar-refractivity contribution in [2.45, 2.75) is 31.5 Å². The highest BCUT2D eigenvalue weighted by molar-refractivity contribution is 7.89. The summed E-state index contributed by atoms with van der Waals surface area (Å²) in [5.41, 5.74) is -0.131. The molecular weight excluding hydrogens is 335 g/mol. The van der Waals surface area contributed by atoms with Gasteiger partial charge in [-0.05, 0) is 39.0 Å². The molecule has 6 nitrogen and oxygen atoms in total. The van der Waals surface area contributed by atoms with E-state index in [-0.39, 0.29) is 5.16 Å². The second-order valence-corrected chi connectivity index (χ2v) is 7.78. The molecule has 0 aliphatic carbocycles. The van der Waals surface area contributed by atoms with Crippen LogP contribution in [0.5, 0.6) is 0 Å². The lowest BCUT2D eigenvalue weighted by Gasteiger charge is -2.24. The van der Waals surface area contributed by atoms with E-state index in [0.29, 0.717) is 21.4 Å². The molecule has 2 N–H and O–H groups in total. The van der Waals surface area contributed by atoms with E-state index in [1.54, 1.807) is 18.2 Å². The first kappa shape index (κ1) is 16.2. The van der Waals surface area contributed by atoms with E-state index in [4.69, 9.17) is 28.3 Å². The molecule has 0 aliphatic heterocycles. The monoisotopic (exact) mass is 348 g/mol. The van der Waals surface area contributed by atoms with Crippen LogP contribution in [0.3, 0.4) is 0 Å². The Kier molecular flexibility index (Phi) is 4.05. The Hall–Kier alpha value is -1.15. The molecule has 1 heterocycles. The van der Waals surface area contributed by atoms with E-state index in [9.17, 15) is 8.42 Å². The SMILES string of the molecule is CC(C)(C)n1c(-c2cc(Cl)ccc2Cl)nnc1S(N)(=O)=O. The first-order valence-electron chi connectivity index (χ1n) is 5.96. The van der Waals surface area contributed by atoms with E-state index >= 15 is 0 Å². The summed E-state index contributed by atoms with van der Waals surface area (Å²) in [6, 6.07) is 4.84. The largest absolute Gasteiger partial charge is 0.291 e. The predicted molar refractivity (Wildman–Crippen MR) is 81.8 cm³/mol. The number of halogens is 2. The molecule has 0 radical (unpaired) electrons. The van der Waals surface area contributed by atoms with Gasteiger partial charge in [-0.2, -0.15) is 0 Å². The van der Waals surface area contributed by atoms with Crippen LogP contribution >= 0.6 is 23.2 Å². The summed E-state index contributed by atoms with van der Waals surface area (Å²) in [6.45, 7) is 5.44. The third-order valence-corrected chi connectivity index (χ3v) is 4.07. The van der Waals surface area contributed by atoms with Gasteiger partial charge in [0.15, 0.2) is 5.82 Å². The zero-order valence-corrected chi connectivity index (χ0v) is 14.0. The van der Waals surface area contributed by atoms with E-state index < -0.39 is 15.6 Å². The van der Waals surface area contributed by atoms with Crippen LogP contribution in [0.15, 0.2) is 23.4 Å². The zero-order valence-electron chi connectivity index (χ0n) is 11.6. The number of rotatable bonds is 2. The fourth-order valence-corrected chi connectivity index (χ4v) is 3.05. The third-order valence-electron chi connectivity index (χ3n) is 2.73. The second kappa shape index (κ2) is 5.24. The number of nitrogens with two attached hydrogens (primary N) is 1. The van der Waals surface area contributed by atoms with Crippen molar-refractivity contribution in [3.63, 3.8) is 0 Å². The van der Waals surface area contributed by atoms with Gasteiger partial charge in [0.2, 0.25) is 0 Å². The van der Waals surface area contributed by atoms with Crippen LogP contribution in [0.1, 0.15) is 20.8 Å². The summed E-state index contributed by atoms with van der Waals surface area (Å²) >= 11 is 12.1. The number of primary sulfonamides is 1. The van der Waals surface area contributed by atoms with Crippen molar-refractivity contribution in [3.8, 4) is 11.4 Å². The van der Waals surface area contributed by atoms with Crippen LogP contribution in [0, 0.1) is 0 Å². The van der Waals surface area contributed by atoms with Gasteiger partial charge in [-0.25, -0.2) is 13.6 Å². The Morgan fingerprint density at radius 1 is 1.19 bits per heavy atom. The highest BCUT2D eigenvalue weighted by atomic mass is 35.5. The highest BCUT2D eigenvalue weighted by Crippen LogP contribution is 2.33. The lowest BCUT2D eigenvalue weighted by molar-refractivity contribution is 0.366. The van der Waals surface area contributed by atoms with Gasteiger partial charge in [0, 0.05) is 16.1 Å². The molecule has 21 heavy (non-hydrogen) atoms. The quantitative estimate of drug-likeness (QED) is 0.902. The summed E-state index contributed by atoms with van der Waals surface area (Å²) in [6.07, 6.45) is 0. The van der Waals surface area contributed by atoms with Gasteiger partial charge in [-0.3, -0.25) is 4.57 Å². The maximum absolute atomic E-state index is 11.7. The molecule has 0 spiro atoms. The molecule has 114 valence electrons. The minimum Gasteiger partial charge on any atom is -0.291 e. The molecule has 0 aliphatic rings. The smallest absolute Gasteiger partial charge is 0.273 e. The van der Waals surface area contributed by atoms with Gasteiger partial charge in [0.1, 0.15) is 0 Å². The summed E-state index contributed by atoms with van der Waals surface area (Å²) < 4.78 is 24.8. The molecule has 0 unspecified atom stereocenters. The number of hydrogen-bond donors (Lipinski definition) is 1. The fraction of sp³-hybridized carbons (Fsp3) is 0.333. The maximum atomic E-state index is 11.7. The second-order valence-electron chi connectivity index (χ2n) is 5.48. The van der Waals surface area contributed by atoms with Crippen molar-refractivity contribution in [1.29, 1.82) is 0 Å². The third kappa shape index (κ3) is 3.21. The van der Waals surface area contributed by atoms with Crippen molar-refractivity contribution < 1.29 is 8.42 Å². The van der Waals surface area contributed by atoms with Crippen molar-refractivity contribution >= 4 is 33.2 Å². The van der Waals surface area contributed by atoms with E-state index in [0.717, 1.165) is 0 Å². The van der Waals surface area contributed by atoms with Gasteiger partial charge in [0.25, 0.3) is 15.2 Å². The Morgan fingerprint density at radius 2 is 1.81 bits per heavy atom. The zero-order chi connectivity index (χ0) is 16.0. The summed E-state index contributed by atoms with van der Waals surface area (Å²) in [5.74, 6) is 0.291. The van der Waals surface area contributed by atoms with E-state index in [1.807, 2.05) is 20.8 Å². The van der Waals surface area contributed by atoms with Crippen molar-refractivity contribution in [2.24, 2.45) is 5.14 Å². The standard InChI is InChI=1S/C12H14Cl2N4O2S/c1-12(2,3)18-10(16-17-11(18)21(15,19)20)8-6-7(13)4-5-9(8)14/h4-6H,1-3H3,(H2,15,19,20). The van der Waals surface area contributed by atoms with Gasteiger partial charge in [-0.1, -0.05) is 23.2 Å². The number of benzene rings is 1. The normalized spacial score (nSPS) is 12.7. The maximum Gasteiger partial charge on any atom is 0.273 e. The van der Waals surface area contributed by atoms with E-state index in [2.05, 4.69) is 10.2 Å². The van der Waals surface area contributed by atoms with Gasteiger partial charge >= 0.3 is 0 Å². The molecule has 1 aromatic heterocycles. The summed E-state index contributed by atoms with van der Waals surface area (Å²) in [5, 5.41) is 13.4. The van der Waals surface area contributed by atoms with E-state index in [1.165, 1.54) is 4.57 Å². The van der Waals surface area contributed by atoms with Crippen molar-refractivity contribution in [1.82, 2.24) is 14.8 Å². The van der Waals surface area contributed by atoms with Crippen LogP contribution in [0.25, 0.3) is 11.4 Å². The first-order valence-corrected chi connectivity index (χ1v) is 8.26. The van der Waals surface area contributed by atoms with Gasteiger partial charge < -0.3 is 0 Å². The average molecular weight is 349 g/mol. The average Bonchev–Trinajstić information content (AvgIpc) is 2.76. The summed E-state index contributed by atoms with van der Waals surface area (Å²) in [7, 11) is -4.01. The Labute approximate surface area is 132 Å². The van der Waals surface area contributed by atoms with Crippen LogP contribution in [-0.2, 0) is 15.6 Å². The fourth-order valence-electron chi connectivity index (χ4n) is 1.90. The molecule has 2 aromatic rings. The predicted octanol–water partition coefficient (Wildman–Crippen LogP) is 2.65. The first-order chi connectivity index (χ1) is 9.51. The Morgan fingerprint density at radius 3 is 2.33 bits per heavy atom. The minimum absolute atomic E-state index is 0.291. The van der Waals surface area contributed by atoms with Gasteiger partial charge in [-0.15, -0.1) is 10.2 Å². The molecule has 2 rings (SSSR count). The summed E-state index contributed by atoms with van der Waals surface area (Å²) in [4.78, 5) is 0. The molecule has 0 fully saturated rings. The van der Waals surface area contributed by atoms with Crippen LogP contribution < -0.4 is 5.14 Å². The molecule has 0 amide bonds. The van der Waals surface area contributed by atoms with Crippen LogP contribution in [-0.4, -0.2) is 23.2 Å². The van der Waals surface area contributed by atoms with Crippen LogP contribution in [0.4, 0.5) is 0 Å². The number of sulfonamides is 1. The molecule has 0 bridgehead atoms. The van der Waals surface area contributed by atoms with Gasteiger partial charge in [0.05, 0.1) is 5.02 Å². The molecular formula is C12H14Cl2N4O2S. The van der Waals surface area contributed by atoms with Crippen molar-refractivity contribution in [3.05, 3.63) is 28.2 Å². The Bertz CT molecular complexity index is 794. The lowest BCUT2D eigenvalue weighted by Crippen LogP contribution is -2.29. The minimum atomic E-state index is -4.01. The topological polar surface area (TPSA) is 90.9 Å². The van der Waals surface area contributed by atoms with Crippen molar-refractivity contribution in [2.75, 3.05) is 0 Å². The Balaban J connectivity index is 2.83.